The minimum absolute atomic E-state index is 0.171. The molecule has 1 aromatic heterocycles. The van der Waals surface area contributed by atoms with Gasteiger partial charge in [0.1, 0.15) is 0 Å². The van der Waals surface area contributed by atoms with Crippen LogP contribution in [-0.4, -0.2) is 51.9 Å². The molecule has 3 N–H and O–H groups in total. The lowest BCUT2D eigenvalue weighted by Gasteiger charge is -2.33. The summed E-state index contributed by atoms with van der Waals surface area (Å²) in [5.41, 5.74) is 3.20. The van der Waals surface area contributed by atoms with Crippen molar-refractivity contribution < 1.29 is 14.6 Å². The number of aliphatic hydroxyl groups is 1. The van der Waals surface area contributed by atoms with Crippen LogP contribution in [0.2, 0.25) is 0 Å². The van der Waals surface area contributed by atoms with E-state index >= 15 is 0 Å². The van der Waals surface area contributed by atoms with Gasteiger partial charge in [-0.3, -0.25) is 0 Å². The number of aromatic nitrogens is 2. The molecule has 0 radical (unpaired) electrons. The Bertz CT molecular complexity index is 943. The summed E-state index contributed by atoms with van der Waals surface area (Å²) in [6.07, 6.45) is 3.69. The van der Waals surface area contributed by atoms with Gasteiger partial charge in [0.25, 0.3) is 0 Å². The van der Waals surface area contributed by atoms with E-state index in [2.05, 4.69) is 15.6 Å². The van der Waals surface area contributed by atoms with E-state index in [9.17, 15) is 9.90 Å². The van der Waals surface area contributed by atoms with Gasteiger partial charge in [0.15, 0.2) is 0 Å². The van der Waals surface area contributed by atoms with Crippen LogP contribution in [0.1, 0.15) is 55.1 Å². The largest absolute Gasteiger partial charge is 0.394 e. The second-order valence-corrected chi connectivity index (χ2v) is 8.83. The number of carbonyl (C=O) groups excluding carboxylic acids is 1. The molecule has 2 amide bonds. The molecule has 1 unspecified atom stereocenters. The molecule has 8 nitrogen and oxygen atoms in total. The predicted molar refractivity (Wildman–Crippen MR) is 118 cm³/mol. The maximum absolute atomic E-state index is 13.2. The molecule has 31 heavy (non-hydrogen) atoms. The van der Waals surface area contributed by atoms with E-state index in [1.54, 1.807) is 4.90 Å². The SMILES string of the molecule is Cc1cccc(C(CO)NC(=O)N2Cc3nc(NC4CCOCC4)ncc3C2(C)C)c1. The number of amides is 2. The molecule has 0 bridgehead atoms. The van der Waals surface area contributed by atoms with Crippen molar-refractivity contribution in [2.24, 2.45) is 0 Å². The Morgan fingerprint density at radius 3 is 2.84 bits per heavy atom. The summed E-state index contributed by atoms with van der Waals surface area (Å²) in [5.74, 6) is 0.594. The Kier molecular flexibility index (Phi) is 6.11. The molecule has 1 aromatic carbocycles. The first-order chi connectivity index (χ1) is 14.9. The lowest BCUT2D eigenvalue weighted by molar-refractivity contribution is 0.0903. The van der Waals surface area contributed by atoms with Crippen molar-refractivity contribution in [1.29, 1.82) is 0 Å². The lowest BCUT2D eigenvalue weighted by atomic mass is 9.97. The number of carbonyl (C=O) groups is 1. The lowest BCUT2D eigenvalue weighted by Crippen LogP contribution is -2.47. The molecule has 1 saturated heterocycles. The van der Waals surface area contributed by atoms with E-state index in [1.807, 2.05) is 51.2 Å². The molecule has 166 valence electrons. The number of nitrogens with zero attached hydrogens (tertiary/aromatic N) is 3. The van der Waals surface area contributed by atoms with Crippen molar-refractivity contribution in [2.75, 3.05) is 25.1 Å². The summed E-state index contributed by atoms with van der Waals surface area (Å²) >= 11 is 0. The first kappa shape index (κ1) is 21.5. The van der Waals surface area contributed by atoms with E-state index in [1.165, 1.54) is 0 Å². The Labute approximate surface area is 183 Å². The van der Waals surface area contributed by atoms with Crippen molar-refractivity contribution in [3.63, 3.8) is 0 Å². The summed E-state index contributed by atoms with van der Waals surface area (Å²) < 4.78 is 5.41. The van der Waals surface area contributed by atoms with Gasteiger partial charge >= 0.3 is 6.03 Å². The second kappa shape index (κ2) is 8.80. The number of aliphatic hydroxyl groups excluding tert-OH is 1. The minimum Gasteiger partial charge on any atom is -0.394 e. The van der Waals surface area contributed by atoms with Gasteiger partial charge in [-0.1, -0.05) is 29.8 Å². The Hall–Kier alpha value is -2.71. The molecule has 2 aromatic rings. The number of hydrogen-bond acceptors (Lipinski definition) is 6. The molecule has 1 fully saturated rings. The van der Waals surface area contributed by atoms with Gasteiger partial charge < -0.3 is 25.4 Å². The molecule has 4 rings (SSSR count). The number of hydrogen-bond donors (Lipinski definition) is 3. The van der Waals surface area contributed by atoms with Crippen molar-refractivity contribution in [3.05, 3.63) is 52.8 Å². The van der Waals surface area contributed by atoms with Crippen molar-refractivity contribution in [2.45, 2.75) is 57.8 Å². The zero-order valence-corrected chi connectivity index (χ0v) is 18.4. The quantitative estimate of drug-likeness (QED) is 0.681. The molecule has 3 heterocycles. The zero-order valence-electron chi connectivity index (χ0n) is 18.4. The topological polar surface area (TPSA) is 99.6 Å². The van der Waals surface area contributed by atoms with Gasteiger partial charge in [-0.25, -0.2) is 14.8 Å². The van der Waals surface area contributed by atoms with Gasteiger partial charge in [0.2, 0.25) is 5.95 Å². The minimum atomic E-state index is -0.552. The van der Waals surface area contributed by atoms with Crippen molar-refractivity contribution >= 4 is 12.0 Å². The zero-order chi connectivity index (χ0) is 22.0. The average Bonchev–Trinajstić information content (AvgIpc) is 3.02. The molecule has 2 aliphatic rings. The van der Waals surface area contributed by atoms with Crippen LogP contribution in [0.25, 0.3) is 0 Å². The molecule has 0 saturated carbocycles. The number of aryl methyl sites for hydroxylation is 1. The van der Waals surface area contributed by atoms with Gasteiger partial charge in [0.05, 0.1) is 30.4 Å². The van der Waals surface area contributed by atoms with E-state index in [-0.39, 0.29) is 12.6 Å². The second-order valence-electron chi connectivity index (χ2n) is 8.83. The third-order valence-electron chi connectivity index (χ3n) is 6.23. The van der Waals surface area contributed by atoms with Gasteiger partial charge in [-0.05, 0) is 39.2 Å². The predicted octanol–water partition coefficient (Wildman–Crippen LogP) is 2.87. The standard InChI is InChI=1S/C23H31N5O3/c1-15-5-4-6-16(11-15)20(14-29)27-22(30)28-13-19-18(23(28,2)3)12-24-21(26-19)25-17-7-9-31-10-8-17/h4-6,11-12,17,20,29H,7-10,13-14H2,1-3H3,(H,27,30)(H,24,25,26). The fraction of sp³-hybridized carbons (Fsp3) is 0.522. The normalized spacial score (nSPS) is 19.0. The van der Waals surface area contributed by atoms with Crippen LogP contribution in [0.15, 0.2) is 30.5 Å². The van der Waals surface area contributed by atoms with E-state index in [0.29, 0.717) is 18.5 Å². The number of rotatable bonds is 5. The molecule has 2 aliphatic heterocycles. The first-order valence-electron chi connectivity index (χ1n) is 10.8. The number of ether oxygens (including phenoxy) is 1. The number of benzene rings is 1. The highest BCUT2D eigenvalue weighted by molar-refractivity contribution is 5.77. The third kappa shape index (κ3) is 4.50. The monoisotopic (exact) mass is 425 g/mol. The number of urea groups is 1. The number of anilines is 1. The summed E-state index contributed by atoms with van der Waals surface area (Å²) in [4.78, 5) is 24.2. The average molecular weight is 426 g/mol. The molecular weight excluding hydrogens is 394 g/mol. The summed E-state index contributed by atoms with van der Waals surface area (Å²) in [6.45, 7) is 7.69. The maximum Gasteiger partial charge on any atom is 0.319 e. The van der Waals surface area contributed by atoms with E-state index in [4.69, 9.17) is 9.72 Å². The summed E-state index contributed by atoms with van der Waals surface area (Å²) in [7, 11) is 0. The van der Waals surface area contributed by atoms with Crippen molar-refractivity contribution in [3.8, 4) is 0 Å². The Morgan fingerprint density at radius 1 is 1.35 bits per heavy atom. The van der Waals surface area contributed by atoms with Gasteiger partial charge in [0, 0.05) is 31.0 Å². The molecule has 0 spiro atoms. The Balaban J connectivity index is 1.48. The van der Waals surface area contributed by atoms with Crippen LogP contribution in [-0.2, 0) is 16.8 Å². The molecule has 8 heteroatoms. The van der Waals surface area contributed by atoms with E-state index in [0.717, 1.165) is 48.4 Å². The van der Waals surface area contributed by atoms with Crippen LogP contribution < -0.4 is 10.6 Å². The smallest absolute Gasteiger partial charge is 0.319 e. The van der Waals surface area contributed by atoms with E-state index < -0.39 is 11.6 Å². The maximum atomic E-state index is 13.2. The van der Waals surface area contributed by atoms with Crippen LogP contribution >= 0.6 is 0 Å². The van der Waals surface area contributed by atoms with Gasteiger partial charge in [-0.15, -0.1) is 0 Å². The van der Waals surface area contributed by atoms with Crippen LogP contribution in [0.4, 0.5) is 10.7 Å². The molecule has 1 atom stereocenters. The summed E-state index contributed by atoms with van der Waals surface area (Å²) in [5, 5.41) is 16.3. The molecular formula is C23H31N5O3. The van der Waals surface area contributed by atoms with Crippen LogP contribution in [0.5, 0.6) is 0 Å². The first-order valence-corrected chi connectivity index (χ1v) is 10.8. The highest BCUT2D eigenvalue weighted by Crippen LogP contribution is 2.38. The Morgan fingerprint density at radius 2 is 2.13 bits per heavy atom. The fourth-order valence-corrected chi connectivity index (χ4v) is 4.31. The number of fused-ring (bicyclic) bond motifs is 1. The van der Waals surface area contributed by atoms with Crippen LogP contribution in [0, 0.1) is 6.92 Å². The highest BCUT2D eigenvalue weighted by Gasteiger charge is 2.42. The van der Waals surface area contributed by atoms with Crippen LogP contribution in [0.3, 0.4) is 0 Å². The number of nitrogens with one attached hydrogen (secondary N) is 2. The van der Waals surface area contributed by atoms with Crippen molar-refractivity contribution in [1.82, 2.24) is 20.2 Å². The molecule has 0 aliphatic carbocycles. The third-order valence-corrected chi connectivity index (χ3v) is 6.23. The fourth-order valence-electron chi connectivity index (χ4n) is 4.31. The van der Waals surface area contributed by atoms with Gasteiger partial charge in [-0.2, -0.15) is 0 Å². The summed E-state index contributed by atoms with van der Waals surface area (Å²) in [6, 6.07) is 7.41. The highest BCUT2D eigenvalue weighted by atomic mass is 16.5.